The summed E-state index contributed by atoms with van der Waals surface area (Å²) in [5, 5.41) is 0. The van der Waals surface area contributed by atoms with Crippen LogP contribution in [0.15, 0.2) is 0 Å². The van der Waals surface area contributed by atoms with Crippen molar-refractivity contribution in [3.05, 3.63) is 0 Å². The van der Waals surface area contributed by atoms with Crippen LogP contribution in [0.5, 0.6) is 0 Å². The van der Waals surface area contributed by atoms with Gasteiger partial charge < -0.3 is 19.9 Å². The van der Waals surface area contributed by atoms with E-state index < -0.39 is 12.0 Å². The van der Waals surface area contributed by atoms with Gasteiger partial charge in [0.15, 0.2) is 0 Å². The fourth-order valence-corrected chi connectivity index (χ4v) is 1.00. The van der Waals surface area contributed by atoms with Crippen molar-refractivity contribution >= 4 is 5.97 Å². The zero-order valence-corrected chi connectivity index (χ0v) is 6.99. The Kier molecular flexibility index (Phi) is 3.46. The summed E-state index contributed by atoms with van der Waals surface area (Å²) < 4.78 is 14.8. The molecule has 5 nitrogen and oxygen atoms in total. The van der Waals surface area contributed by atoms with Crippen LogP contribution in [0.3, 0.4) is 0 Å². The first-order chi connectivity index (χ1) is 5.75. The zero-order valence-electron chi connectivity index (χ0n) is 6.99. The summed E-state index contributed by atoms with van der Waals surface area (Å²) in [6.45, 7) is 1.40. The van der Waals surface area contributed by atoms with Gasteiger partial charge in [-0.25, -0.2) is 0 Å². The number of hydrogen-bond donors (Lipinski definition) is 1. The van der Waals surface area contributed by atoms with Crippen molar-refractivity contribution in [2.75, 3.05) is 26.9 Å². The van der Waals surface area contributed by atoms with Crippen LogP contribution in [0.25, 0.3) is 0 Å². The van der Waals surface area contributed by atoms with Gasteiger partial charge in [0.1, 0.15) is 12.1 Å². The smallest absolute Gasteiger partial charge is 0.325 e. The molecule has 0 aliphatic carbocycles. The minimum absolute atomic E-state index is 0.357. The lowest BCUT2D eigenvalue weighted by Crippen LogP contribution is -2.48. The van der Waals surface area contributed by atoms with Crippen molar-refractivity contribution in [1.29, 1.82) is 0 Å². The lowest BCUT2D eigenvalue weighted by Gasteiger charge is -2.26. The van der Waals surface area contributed by atoms with Crippen molar-refractivity contribution in [3.8, 4) is 0 Å². The van der Waals surface area contributed by atoms with Crippen molar-refractivity contribution < 1.29 is 19.0 Å². The summed E-state index contributed by atoms with van der Waals surface area (Å²) in [7, 11) is 1.30. The molecular formula is C7H13NO4. The predicted octanol–water partition coefficient (Wildman–Crippen LogP) is -1.10. The molecule has 0 radical (unpaired) electrons. The monoisotopic (exact) mass is 175 g/mol. The number of carbonyl (C=O) groups is 1. The molecule has 5 heteroatoms. The van der Waals surface area contributed by atoms with Gasteiger partial charge in [-0.05, 0) is 0 Å². The molecule has 1 aliphatic heterocycles. The first-order valence-corrected chi connectivity index (χ1v) is 3.78. The second-order valence-electron chi connectivity index (χ2n) is 2.53. The van der Waals surface area contributed by atoms with E-state index in [1.807, 2.05) is 0 Å². The molecule has 70 valence electrons. The highest BCUT2D eigenvalue weighted by atomic mass is 16.6. The van der Waals surface area contributed by atoms with Crippen LogP contribution < -0.4 is 5.73 Å². The summed E-state index contributed by atoms with van der Waals surface area (Å²) >= 11 is 0. The average Bonchev–Trinajstić information content (AvgIpc) is 2.17. The molecule has 0 saturated carbocycles. The Morgan fingerprint density at radius 1 is 1.67 bits per heavy atom. The highest BCUT2D eigenvalue weighted by Crippen LogP contribution is 2.04. The molecule has 1 rings (SSSR count). The molecule has 2 N–H and O–H groups in total. The van der Waals surface area contributed by atoms with Crippen LogP contribution in [-0.2, 0) is 19.0 Å². The Morgan fingerprint density at radius 2 is 2.42 bits per heavy atom. The second-order valence-corrected chi connectivity index (χ2v) is 2.53. The van der Waals surface area contributed by atoms with Gasteiger partial charge >= 0.3 is 5.97 Å². The number of rotatable bonds is 2. The maximum Gasteiger partial charge on any atom is 0.325 e. The van der Waals surface area contributed by atoms with Gasteiger partial charge in [0.05, 0.1) is 26.9 Å². The quantitative estimate of drug-likeness (QED) is 0.539. The molecule has 1 aliphatic rings. The van der Waals surface area contributed by atoms with E-state index in [9.17, 15) is 4.79 Å². The highest BCUT2D eigenvalue weighted by Gasteiger charge is 2.28. The number of nitrogens with two attached hydrogens (primary N) is 1. The molecule has 0 bridgehead atoms. The van der Waals surface area contributed by atoms with Gasteiger partial charge in [-0.2, -0.15) is 0 Å². The van der Waals surface area contributed by atoms with Crippen molar-refractivity contribution in [2.24, 2.45) is 5.73 Å². The molecule has 0 aromatic rings. The Balaban J connectivity index is 2.39. The Bertz CT molecular complexity index is 155. The largest absolute Gasteiger partial charge is 0.468 e. The lowest BCUT2D eigenvalue weighted by atomic mass is 10.2. The third-order valence-corrected chi connectivity index (χ3v) is 1.72. The van der Waals surface area contributed by atoms with E-state index in [-0.39, 0.29) is 6.10 Å². The minimum Gasteiger partial charge on any atom is -0.468 e. The van der Waals surface area contributed by atoms with E-state index in [1.165, 1.54) is 7.11 Å². The summed E-state index contributed by atoms with van der Waals surface area (Å²) in [6.07, 6.45) is -0.369. The fraction of sp³-hybridized carbons (Fsp3) is 0.857. The molecule has 0 aromatic carbocycles. The van der Waals surface area contributed by atoms with E-state index in [0.29, 0.717) is 19.8 Å². The average molecular weight is 175 g/mol. The van der Waals surface area contributed by atoms with Crippen LogP contribution >= 0.6 is 0 Å². The molecule has 0 spiro atoms. The molecular weight excluding hydrogens is 162 g/mol. The van der Waals surface area contributed by atoms with Crippen molar-refractivity contribution in [2.45, 2.75) is 12.1 Å². The first-order valence-electron chi connectivity index (χ1n) is 3.78. The first kappa shape index (κ1) is 9.44. The van der Waals surface area contributed by atoms with Crippen molar-refractivity contribution in [1.82, 2.24) is 0 Å². The van der Waals surface area contributed by atoms with E-state index in [2.05, 4.69) is 4.74 Å². The molecule has 1 saturated heterocycles. The van der Waals surface area contributed by atoms with Crippen LogP contribution in [-0.4, -0.2) is 45.0 Å². The number of ether oxygens (including phenoxy) is 3. The van der Waals surface area contributed by atoms with Gasteiger partial charge in [-0.1, -0.05) is 0 Å². The standard InChI is InChI=1S/C7H13NO4/c1-10-7(9)6(8)5-4-11-2-3-12-5/h5-6H,2-4,8H2,1H3. The summed E-state index contributed by atoms with van der Waals surface area (Å²) in [6, 6.07) is -0.740. The van der Waals surface area contributed by atoms with Gasteiger partial charge in [-0.15, -0.1) is 0 Å². The fourth-order valence-electron chi connectivity index (χ4n) is 1.00. The Labute approximate surface area is 70.8 Å². The topological polar surface area (TPSA) is 70.8 Å². The maximum atomic E-state index is 10.9. The number of carbonyl (C=O) groups excluding carboxylic acids is 1. The number of esters is 1. The van der Waals surface area contributed by atoms with Crippen LogP contribution in [0, 0.1) is 0 Å². The zero-order chi connectivity index (χ0) is 8.97. The van der Waals surface area contributed by atoms with E-state index in [4.69, 9.17) is 15.2 Å². The van der Waals surface area contributed by atoms with Crippen LogP contribution in [0.2, 0.25) is 0 Å². The van der Waals surface area contributed by atoms with Crippen LogP contribution in [0.1, 0.15) is 0 Å². The van der Waals surface area contributed by atoms with Gasteiger partial charge in [0, 0.05) is 0 Å². The number of hydrogen-bond acceptors (Lipinski definition) is 5. The third kappa shape index (κ3) is 2.17. The Morgan fingerprint density at radius 3 is 2.92 bits per heavy atom. The van der Waals surface area contributed by atoms with E-state index in [1.54, 1.807) is 0 Å². The highest BCUT2D eigenvalue weighted by molar-refractivity contribution is 5.76. The van der Waals surface area contributed by atoms with Gasteiger partial charge in [-0.3, -0.25) is 4.79 Å². The Hall–Kier alpha value is -0.650. The van der Waals surface area contributed by atoms with E-state index in [0.717, 1.165) is 0 Å². The molecule has 1 heterocycles. The minimum atomic E-state index is -0.740. The molecule has 2 atom stereocenters. The number of methoxy groups -OCH3 is 1. The molecule has 0 amide bonds. The normalized spacial score (nSPS) is 26.3. The molecule has 1 fully saturated rings. The summed E-state index contributed by atoms with van der Waals surface area (Å²) in [5.41, 5.74) is 5.52. The van der Waals surface area contributed by atoms with Gasteiger partial charge in [0.25, 0.3) is 0 Å². The van der Waals surface area contributed by atoms with Gasteiger partial charge in [0.2, 0.25) is 0 Å². The summed E-state index contributed by atoms with van der Waals surface area (Å²) in [4.78, 5) is 10.9. The molecule has 12 heavy (non-hydrogen) atoms. The van der Waals surface area contributed by atoms with E-state index >= 15 is 0 Å². The third-order valence-electron chi connectivity index (χ3n) is 1.72. The SMILES string of the molecule is COC(=O)C(N)C1COCCO1. The molecule has 0 aromatic heterocycles. The van der Waals surface area contributed by atoms with Crippen molar-refractivity contribution in [3.63, 3.8) is 0 Å². The summed E-state index contributed by atoms with van der Waals surface area (Å²) in [5.74, 6) is -0.467. The lowest BCUT2D eigenvalue weighted by molar-refractivity contribution is -0.153. The predicted molar refractivity (Wildman–Crippen MR) is 40.6 cm³/mol. The van der Waals surface area contributed by atoms with Crippen LogP contribution in [0.4, 0.5) is 0 Å². The maximum absolute atomic E-state index is 10.9. The molecule has 2 unspecified atom stereocenters. The second kappa shape index (κ2) is 4.39.